The summed E-state index contributed by atoms with van der Waals surface area (Å²) >= 11 is 0. The maximum absolute atomic E-state index is 11.4. The molecule has 0 spiro atoms. The van der Waals surface area contributed by atoms with Crippen LogP contribution in [0, 0.1) is 5.92 Å². The Bertz CT molecular complexity index is 417. The highest BCUT2D eigenvalue weighted by Crippen LogP contribution is 2.28. The van der Waals surface area contributed by atoms with Crippen molar-refractivity contribution in [2.75, 3.05) is 24.4 Å². The van der Waals surface area contributed by atoms with Crippen molar-refractivity contribution in [2.24, 2.45) is 5.92 Å². The van der Waals surface area contributed by atoms with Gasteiger partial charge < -0.3 is 15.4 Å². The molecule has 4 nitrogen and oxygen atoms in total. The Labute approximate surface area is 114 Å². The minimum Gasteiger partial charge on any atom is -0.382 e. The predicted octanol–water partition coefficient (Wildman–Crippen LogP) is 2.87. The summed E-state index contributed by atoms with van der Waals surface area (Å²) in [5.74, 6) is 0.605. The Balaban J connectivity index is 1.89. The van der Waals surface area contributed by atoms with E-state index < -0.39 is 0 Å². The molecule has 1 aliphatic rings. The predicted molar refractivity (Wildman–Crippen MR) is 77.4 cm³/mol. The summed E-state index contributed by atoms with van der Waals surface area (Å²) in [5.41, 5.74) is 1.91. The molecule has 2 rings (SSSR count). The molecule has 4 heteroatoms. The van der Waals surface area contributed by atoms with Crippen LogP contribution in [0.1, 0.15) is 26.2 Å². The molecule has 0 aromatic heterocycles. The molecular formula is C15H22N2O2. The second-order valence-electron chi connectivity index (χ2n) is 5.22. The second kappa shape index (κ2) is 6.57. The summed E-state index contributed by atoms with van der Waals surface area (Å²) in [5, 5.41) is 6.34. The topological polar surface area (TPSA) is 50.4 Å². The van der Waals surface area contributed by atoms with E-state index in [0.717, 1.165) is 17.3 Å². The summed E-state index contributed by atoms with van der Waals surface area (Å²) in [6.45, 7) is 2.38. The number of methoxy groups -OCH3 is 1. The van der Waals surface area contributed by atoms with Crippen LogP contribution < -0.4 is 10.6 Å². The van der Waals surface area contributed by atoms with Gasteiger partial charge in [-0.1, -0.05) is 13.3 Å². The lowest BCUT2D eigenvalue weighted by Gasteiger charge is -2.18. The molecule has 19 heavy (non-hydrogen) atoms. The number of hydrogen-bond acceptors (Lipinski definition) is 3. The van der Waals surface area contributed by atoms with E-state index in [4.69, 9.17) is 4.74 Å². The lowest BCUT2D eigenvalue weighted by Crippen LogP contribution is -2.21. The number of ether oxygens (including phenoxy) is 1. The van der Waals surface area contributed by atoms with Crippen molar-refractivity contribution in [1.82, 2.24) is 0 Å². The third-order valence-corrected chi connectivity index (χ3v) is 3.66. The van der Waals surface area contributed by atoms with Gasteiger partial charge in [0.05, 0.1) is 0 Å². The second-order valence-corrected chi connectivity index (χ2v) is 5.22. The molecule has 1 amide bonds. The molecule has 1 aromatic carbocycles. The molecule has 1 aliphatic carbocycles. The van der Waals surface area contributed by atoms with Gasteiger partial charge in [-0.05, 0) is 43.0 Å². The summed E-state index contributed by atoms with van der Waals surface area (Å²) in [7, 11) is 1.51. The average molecular weight is 262 g/mol. The third-order valence-electron chi connectivity index (χ3n) is 3.66. The molecule has 104 valence electrons. The van der Waals surface area contributed by atoms with Gasteiger partial charge in [0.1, 0.15) is 6.61 Å². The van der Waals surface area contributed by atoms with Crippen molar-refractivity contribution in [3.63, 3.8) is 0 Å². The van der Waals surface area contributed by atoms with Gasteiger partial charge in [-0.3, -0.25) is 4.79 Å². The highest BCUT2D eigenvalue weighted by atomic mass is 16.5. The molecule has 0 bridgehead atoms. The van der Waals surface area contributed by atoms with Crippen molar-refractivity contribution in [3.05, 3.63) is 24.3 Å². The van der Waals surface area contributed by atoms with Crippen LogP contribution in [-0.4, -0.2) is 25.7 Å². The van der Waals surface area contributed by atoms with Crippen LogP contribution in [0.2, 0.25) is 0 Å². The van der Waals surface area contributed by atoms with Gasteiger partial charge in [-0.15, -0.1) is 0 Å². The van der Waals surface area contributed by atoms with E-state index in [1.165, 1.54) is 26.4 Å². The normalized spacial score (nSPS) is 22.2. The lowest BCUT2D eigenvalue weighted by atomic mass is 10.1. The molecule has 0 radical (unpaired) electrons. The number of amides is 1. The van der Waals surface area contributed by atoms with Gasteiger partial charge in [0, 0.05) is 24.5 Å². The third kappa shape index (κ3) is 3.96. The summed E-state index contributed by atoms with van der Waals surface area (Å²) in [6.07, 6.45) is 3.86. The Kier molecular flexibility index (Phi) is 4.80. The van der Waals surface area contributed by atoms with Crippen molar-refractivity contribution < 1.29 is 9.53 Å². The Morgan fingerprint density at radius 1 is 1.26 bits per heavy atom. The Morgan fingerprint density at radius 3 is 2.53 bits per heavy atom. The van der Waals surface area contributed by atoms with E-state index >= 15 is 0 Å². The fourth-order valence-corrected chi connectivity index (χ4v) is 2.55. The zero-order valence-corrected chi connectivity index (χ0v) is 11.6. The van der Waals surface area contributed by atoms with Crippen LogP contribution in [-0.2, 0) is 9.53 Å². The Hall–Kier alpha value is -1.55. The molecule has 1 saturated carbocycles. The number of anilines is 2. The maximum atomic E-state index is 11.4. The standard InChI is InChI=1S/C15H22N2O2/c1-11-4-3-5-14(11)16-12-6-8-13(9-7-12)17-15(18)10-19-2/h6-9,11,14,16H,3-5,10H2,1-2H3,(H,17,18). The first-order chi connectivity index (χ1) is 9.19. The highest BCUT2D eigenvalue weighted by molar-refractivity contribution is 5.91. The van der Waals surface area contributed by atoms with Gasteiger partial charge in [-0.25, -0.2) is 0 Å². The monoisotopic (exact) mass is 262 g/mol. The fourth-order valence-electron chi connectivity index (χ4n) is 2.55. The first-order valence-electron chi connectivity index (χ1n) is 6.84. The summed E-state index contributed by atoms with van der Waals surface area (Å²) in [6, 6.07) is 8.42. The number of carbonyl (C=O) groups excluding carboxylic acids is 1. The highest BCUT2D eigenvalue weighted by Gasteiger charge is 2.22. The van der Waals surface area contributed by atoms with Gasteiger partial charge in [0.25, 0.3) is 0 Å². The molecule has 0 saturated heterocycles. The molecule has 2 atom stereocenters. The fraction of sp³-hybridized carbons (Fsp3) is 0.533. The number of nitrogens with one attached hydrogen (secondary N) is 2. The SMILES string of the molecule is COCC(=O)Nc1ccc(NC2CCCC2C)cc1. The maximum Gasteiger partial charge on any atom is 0.250 e. The van der Waals surface area contributed by atoms with E-state index in [2.05, 4.69) is 17.6 Å². The van der Waals surface area contributed by atoms with E-state index in [-0.39, 0.29) is 12.5 Å². The molecule has 2 N–H and O–H groups in total. The lowest BCUT2D eigenvalue weighted by molar-refractivity contribution is -0.119. The van der Waals surface area contributed by atoms with Crippen LogP contribution in [0.15, 0.2) is 24.3 Å². The smallest absolute Gasteiger partial charge is 0.250 e. The van der Waals surface area contributed by atoms with Crippen molar-refractivity contribution in [2.45, 2.75) is 32.2 Å². The van der Waals surface area contributed by atoms with E-state index in [0.29, 0.717) is 6.04 Å². The largest absolute Gasteiger partial charge is 0.382 e. The van der Waals surface area contributed by atoms with Gasteiger partial charge in [0.15, 0.2) is 0 Å². The quantitative estimate of drug-likeness (QED) is 0.858. The van der Waals surface area contributed by atoms with E-state index in [1.54, 1.807) is 0 Å². The molecule has 0 heterocycles. The number of hydrogen-bond donors (Lipinski definition) is 2. The van der Waals surface area contributed by atoms with E-state index in [1.807, 2.05) is 24.3 Å². The summed E-state index contributed by atoms with van der Waals surface area (Å²) in [4.78, 5) is 11.4. The van der Waals surface area contributed by atoms with E-state index in [9.17, 15) is 4.79 Å². The molecule has 2 unspecified atom stereocenters. The number of rotatable bonds is 5. The first kappa shape index (κ1) is 13.9. The van der Waals surface area contributed by atoms with Crippen LogP contribution in [0.4, 0.5) is 11.4 Å². The van der Waals surface area contributed by atoms with Crippen LogP contribution in [0.5, 0.6) is 0 Å². The average Bonchev–Trinajstić information content (AvgIpc) is 2.78. The van der Waals surface area contributed by atoms with Crippen LogP contribution >= 0.6 is 0 Å². The number of benzene rings is 1. The van der Waals surface area contributed by atoms with Crippen molar-refractivity contribution in [3.8, 4) is 0 Å². The minimum atomic E-state index is -0.132. The van der Waals surface area contributed by atoms with Gasteiger partial charge in [0.2, 0.25) is 5.91 Å². The molecule has 1 aromatic rings. The minimum absolute atomic E-state index is 0.0829. The zero-order chi connectivity index (χ0) is 13.7. The molecule has 0 aliphatic heterocycles. The van der Waals surface area contributed by atoms with Gasteiger partial charge in [-0.2, -0.15) is 0 Å². The first-order valence-corrected chi connectivity index (χ1v) is 6.84. The molecule has 1 fully saturated rings. The Morgan fingerprint density at radius 2 is 1.95 bits per heavy atom. The molecular weight excluding hydrogens is 240 g/mol. The van der Waals surface area contributed by atoms with Crippen LogP contribution in [0.25, 0.3) is 0 Å². The van der Waals surface area contributed by atoms with Crippen molar-refractivity contribution in [1.29, 1.82) is 0 Å². The van der Waals surface area contributed by atoms with Crippen molar-refractivity contribution >= 4 is 17.3 Å². The summed E-state index contributed by atoms with van der Waals surface area (Å²) < 4.78 is 4.78. The van der Waals surface area contributed by atoms with Gasteiger partial charge >= 0.3 is 0 Å². The number of carbonyl (C=O) groups is 1. The van der Waals surface area contributed by atoms with Crippen LogP contribution in [0.3, 0.4) is 0 Å². The zero-order valence-electron chi connectivity index (χ0n) is 11.6.